The fourth-order valence-corrected chi connectivity index (χ4v) is 2.49. The molecule has 2 atom stereocenters. The number of primary amides is 1. The van der Waals surface area contributed by atoms with Gasteiger partial charge in [-0.25, -0.2) is 0 Å². The first-order valence-corrected chi connectivity index (χ1v) is 6.94. The van der Waals surface area contributed by atoms with Gasteiger partial charge < -0.3 is 16.0 Å². The van der Waals surface area contributed by atoms with Gasteiger partial charge >= 0.3 is 0 Å². The third-order valence-corrected chi connectivity index (χ3v) is 3.50. The van der Waals surface area contributed by atoms with Gasteiger partial charge in [0.1, 0.15) is 6.04 Å². The van der Waals surface area contributed by atoms with Crippen molar-refractivity contribution in [3.63, 3.8) is 0 Å². The minimum Gasteiger partial charge on any atom is -0.364 e. The number of rotatable bonds is 7. The molecule has 0 aliphatic carbocycles. The van der Waals surface area contributed by atoms with Gasteiger partial charge in [-0.05, 0) is 26.2 Å². The third-order valence-electron chi connectivity index (χ3n) is 3.50. The molecule has 112 valence electrons. The number of carbonyl (C=O) groups excluding carboxylic acids is 3. The number of hydrogen-bond donors (Lipinski definition) is 2. The number of nitrogens with zero attached hydrogens (tertiary/aromatic N) is 1. The molecule has 2 amide bonds. The maximum absolute atomic E-state index is 12.3. The van der Waals surface area contributed by atoms with Gasteiger partial charge in [0.15, 0.2) is 0 Å². The van der Waals surface area contributed by atoms with Crippen LogP contribution in [0.1, 0.15) is 39.5 Å². The van der Waals surface area contributed by atoms with Crippen molar-refractivity contribution < 1.29 is 14.4 Å². The van der Waals surface area contributed by atoms with Crippen LogP contribution in [0, 0.1) is 0 Å². The summed E-state index contributed by atoms with van der Waals surface area (Å²) in [6.45, 7) is 8.37. The molecule has 0 radical (unpaired) electrons. The minimum atomic E-state index is -1.01. The molecule has 0 spiro atoms. The summed E-state index contributed by atoms with van der Waals surface area (Å²) in [5.74, 6) is -1.98. The first kappa shape index (κ1) is 16.2. The Kier molecular flexibility index (Phi) is 5.73. The lowest BCUT2D eigenvalue weighted by Crippen LogP contribution is -2.51. The van der Waals surface area contributed by atoms with E-state index in [0.717, 1.165) is 25.1 Å². The van der Waals surface area contributed by atoms with Crippen LogP contribution in [0.2, 0.25) is 0 Å². The van der Waals surface area contributed by atoms with Crippen molar-refractivity contribution in [3.05, 3.63) is 12.3 Å². The Bertz CT molecular complexity index is 420. The average Bonchev–Trinajstić information content (AvgIpc) is 2.86. The summed E-state index contributed by atoms with van der Waals surface area (Å²) in [5.41, 5.74) is 5.84. The highest BCUT2D eigenvalue weighted by atomic mass is 16.2. The summed E-state index contributed by atoms with van der Waals surface area (Å²) in [6, 6.07) is -1.13. The summed E-state index contributed by atoms with van der Waals surface area (Å²) < 4.78 is 0. The molecule has 1 rings (SSSR count). The van der Waals surface area contributed by atoms with Gasteiger partial charge in [-0.3, -0.25) is 14.4 Å². The number of nitrogens with two attached hydrogens (primary N) is 1. The molecule has 3 N–H and O–H groups in total. The Balaban J connectivity index is 2.73. The van der Waals surface area contributed by atoms with Crippen LogP contribution in [-0.2, 0) is 14.4 Å². The van der Waals surface area contributed by atoms with Crippen LogP contribution in [0.4, 0.5) is 0 Å². The summed E-state index contributed by atoms with van der Waals surface area (Å²) in [7, 11) is 0. The van der Waals surface area contributed by atoms with E-state index in [4.69, 9.17) is 5.73 Å². The third kappa shape index (κ3) is 3.82. The number of carbonyl (C=O) groups is 3. The van der Waals surface area contributed by atoms with Gasteiger partial charge in [0.05, 0.1) is 6.04 Å². The van der Waals surface area contributed by atoms with Gasteiger partial charge in [0.25, 0.3) is 5.91 Å². The second-order valence-corrected chi connectivity index (χ2v) is 5.17. The molecule has 1 heterocycles. The molecule has 1 saturated heterocycles. The van der Waals surface area contributed by atoms with Crippen LogP contribution >= 0.6 is 0 Å². The van der Waals surface area contributed by atoms with Crippen molar-refractivity contribution in [2.24, 2.45) is 5.73 Å². The summed E-state index contributed by atoms with van der Waals surface area (Å²) >= 11 is 0. The highest BCUT2D eigenvalue weighted by molar-refractivity contribution is 6.37. The molecule has 0 aromatic rings. The molecule has 6 heteroatoms. The number of likely N-dealkylation sites (tertiary alicyclic amines) is 1. The number of nitrogens with one attached hydrogen (secondary N) is 1. The van der Waals surface area contributed by atoms with Crippen LogP contribution in [-0.4, -0.2) is 41.1 Å². The van der Waals surface area contributed by atoms with E-state index in [-0.39, 0.29) is 11.9 Å². The van der Waals surface area contributed by atoms with E-state index in [0.29, 0.717) is 12.8 Å². The normalized spacial score (nSPS) is 19.5. The van der Waals surface area contributed by atoms with E-state index in [1.165, 1.54) is 0 Å². The molecular formula is C14H23N3O3. The van der Waals surface area contributed by atoms with Crippen molar-refractivity contribution in [2.45, 2.75) is 51.6 Å². The fourth-order valence-electron chi connectivity index (χ4n) is 2.49. The number of ketones is 1. The van der Waals surface area contributed by atoms with Crippen molar-refractivity contribution in [3.8, 4) is 0 Å². The van der Waals surface area contributed by atoms with Crippen LogP contribution in [0.15, 0.2) is 12.3 Å². The summed E-state index contributed by atoms with van der Waals surface area (Å²) in [6.07, 6.45) is 2.72. The monoisotopic (exact) mass is 281 g/mol. The fraction of sp³-hybridized carbons (Fsp3) is 0.643. The Labute approximate surface area is 119 Å². The highest BCUT2D eigenvalue weighted by Crippen LogP contribution is 2.21. The Hall–Kier alpha value is -1.85. The van der Waals surface area contributed by atoms with E-state index in [1.807, 2.05) is 18.7 Å². The average molecular weight is 281 g/mol. The largest absolute Gasteiger partial charge is 0.364 e. The van der Waals surface area contributed by atoms with E-state index in [2.05, 4.69) is 11.9 Å². The maximum Gasteiger partial charge on any atom is 0.287 e. The second kappa shape index (κ2) is 7.07. The Morgan fingerprint density at radius 2 is 2.10 bits per heavy atom. The predicted octanol–water partition coefficient (Wildman–Crippen LogP) is 0.324. The molecule has 2 unspecified atom stereocenters. The van der Waals surface area contributed by atoms with Gasteiger partial charge in [-0.2, -0.15) is 0 Å². The molecule has 6 nitrogen and oxygen atoms in total. The summed E-state index contributed by atoms with van der Waals surface area (Å²) in [5, 5.41) is 2.65. The SMILES string of the molecule is C=C(C)N1CCCC1C(=O)NC(CCC)C(=O)C(N)=O. The molecule has 1 fully saturated rings. The summed E-state index contributed by atoms with van der Waals surface area (Å²) in [4.78, 5) is 36.9. The smallest absolute Gasteiger partial charge is 0.287 e. The van der Waals surface area contributed by atoms with Crippen LogP contribution in [0.5, 0.6) is 0 Å². The van der Waals surface area contributed by atoms with Crippen molar-refractivity contribution in [1.82, 2.24) is 10.2 Å². The molecular weight excluding hydrogens is 258 g/mol. The van der Waals surface area contributed by atoms with Crippen LogP contribution < -0.4 is 11.1 Å². The first-order valence-electron chi connectivity index (χ1n) is 6.94. The zero-order chi connectivity index (χ0) is 15.3. The van der Waals surface area contributed by atoms with Crippen LogP contribution in [0.25, 0.3) is 0 Å². The van der Waals surface area contributed by atoms with Crippen molar-refractivity contribution in [2.75, 3.05) is 6.54 Å². The zero-order valence-electron chi connectivity index (χ0n) is 12.1. The maximum atomic E-state index is 12.3. The molecule has 0 bridgehead atoms. The standard InChI is InChI=1S/C14H23N3O3/c1-4-6-10(12(18)13(15)19)16-14(20)11-7-5-8-17(11)9(2)3/h10-11H,2,4-8H2,1,3H3,(H2,15,19)(H,16,20). The van der Waals surface area contributed by atoms with Crippen molar-refractivity contribution >= 4 is 17.6 Å². The quantitative estimate of drug-likeness (QED) is 0.657. The number of Topliss-reactive ketones (excluding diaryl/α,β-unsaturated/α-hetero) is 1. The lowest BCUT2D eigenvalue weighted by molar-refractivity contribution is -0.138. The van der Waals surface area contributed by atoms with Crippen LogP contribution in [0.3, 0.4) is 0 Å². The van der Waals surface area contributed by atoms with E-state index < -0.39 is 17.7 Å². The van der Waals surface area contributed by atoms with E-state index >= 15 is 0 Å². The topological polar surface area (TPSA) is 92.5 Å². The van der Waals surface area contributed by atoms with E-state index in [9.17, 15) is 14.4 Å². The number of allylic oxidation sites excluding steroid dienone is 1. The first-order chi connectivity index (χ1) is 9.38. The minimum absolute atomic E-state index is 0.237. The van der Waals surface area contributed by atoms with Gasteiger partial charge in [-0.1, -0.05) is 19.9 Å². The lowest BCUT2D eigenvalue weighted by atomic mass is 10.1. The highest BCUT2D eigenvalue weighted by Gasteiger charge is 2.33. The molecule has 0 aromatic heterocycles. The Morgan fingerprint density at radius 1 is 1.45 bits per heavy atom. The molecule has 0 aromatic carbocycles. The predicted molar refractivity (Wildman–Crippen MR) is 75.6 cm³/mol. The van der Waals surface area contributed by atoms with E-state index in [1.54, 1.807) is 0 Å². The lowest BCUT2D eigenvalue weighted by Gasteiger charge is -2.27. The van der Waals surface area contributed by atoms with Gasteiger partial charge in [0.2, 0.25) is 11.7 Å². The Morgan fingerprint density at radius 3 is 2.60 bits per heavy atom. The number of amides is 2. The molecule has 1 aliphatic heterocycles. The van der Waals surface area contributed by atoms with Crippen molar-refractivity contribution in [1.29, 1.82) is 0 Å². The van der Waals surface area contributed by atoms with Gasteiger partial charge in [0, 0.05) is 12.2 Å². The molecule has 1 aliphatic rings. The second-order valence-electron chi connectivity index (χ2n) is 5.17. The molecule has 20 heavy (non-hydrogen) atoms. The zero-order valence-corrected chi connectivity index (χ0v) is 12.1. The van der Waals surface area contributed by atoms with Gasteiger partial charge in [-0.15, -0.1) is 0 Å². The molecule has 0 saturated carbocycles. The number of hydrogen-bond acceptors (Lipinski definition) is 4.